The molecule has 9 heavy (non-hydrogen) atoms. The maximum Gasteiger partial charge on any atom is 0.433 e. The minimum atomic E-state index is -0.716. The van der Waals surface area contributed by atoms with E-state index in [1.54, 1.807) is 12.4 Å². The van der Waals surface area contributed by atoms with Gasteiger partial charge in [-0.25, -0.2) is 4.79 Å². The Balaban J connectivity index is 3.06. The zero-order valence-corrected chi connectivity index (χ0v) is 5.68. The van der Waals surface area contributed by atoms with Gasteiger partial charge < -0.3 is 4.74 Å². The Morgan fingerprint density at radius 2 is 2.44 bits per heavy atom. The highest BCUT2D eigenvalue weighted by Gasteiger charge is 1.96. The minimum absolute atomic E-state index is 0.280. The van der Waals surface area contributed by atoms with Crippen LogP contribution in [0.2, 0.25) is 0 Å². The quantitative estimate of drug-likeness (QED) is 0.267. The van der Waals surface area contributed by atoms with Gasteiger partial charge in [0.05, 0.1) is 6.61 Å². The molecule has 0 fully saturated rings. The molecule has 5 nitrogen and oxygen atoms in total. The molecular weight excluding hydrogens is 146 g/mol. The lowest BCUT2D eigenvalue weighted by Crippen LogP contribution is -2.23. The molecule has 0 aliphatic heterocycles. The normalized spacial score (nSPS) is 8.67. The van der Waals surface area contributed by atoms with E-state index in [1.165, 1.54) is 0 Å². The first-order valence-corrected chi connectivity index (χ1v) is 2.57. The van der Waals surface area contributed by atoms with Crippen LogP contribution in [-0.4, -0.2) is 12.7 Å². The summed E-state index contributed by atoms with van der Waals surface area (Å²) in [5.74, 6) is 0. The van der Waals surface area contributed by atoms with Crippen LogP contribution in [0.3, 0.4) is 0 Å². The van der Waals surface area contributed by atoms with Crippen molar-refractivity contribution >= 4 is 19.0 Å². The van der Waals surface area contributed by atoms with Crippen molar-refractivity contribution in [2.45, 2.75) is 6.92 Å². The average molecular weight is 153 g/mol. The fourth-order valence-corrected chi connectivity index (χ4v) is 0.250. The molecular formula is C3H7NO4S. The number of ether oxygens (including phenoxy) is 1. The second-order valence-electron chi connectivity index (χ2n) is 0.980. The van der Waals surface area contributed by atoms with E-state index >= 15 is 0 Å². The van der Waals surface area contributed by atoms with E-state index in [-0.39, 0.29) is 6.61 Å². The van der Waals surface area contributed by atoms with Gasteiger partial charge in [0, 0.05) is 12.9 Å². The summed E-state index contributed by atoms with van der Waals surface area (Å²) in [6.07, 6.45) is -0.716. The van der Waals surface area contributed by atoms with Crippen LogP contribution >= 0.6 is 12.9 Å². The van der Waals surface area contributed by atoms with Gasteiger partial charge >= 0.3 is 6.09 Å². The van der Waals surface area contributed by atoms with E-state index in [0.717, 1.165) is 0 Å². The van der Waals surface area contributed by atoms with Gasteiger partial charge in [-0.1, -0.05) is 4.99 Å². The third-order valence-corrected chi connectivity index (χ3v) is 0.512. The van der Waals surface area contributed by atoms with E-state index in [9.17, 15) is 4.79 Å². The van der Waals surface area contributed by atoms with Crippen LogP contribution < -0.4 is 5.48 Å². The van der Waals surface area contributed by atoms with Crippen LogP contribution in [0, 0.1) is 0 Å². The molecule has 0 saturated heterocycles. The highest BCUT2D eigenvalue weighted by atomic mass is 32.1. The van der Waals surface area contributed by atoms with Crippen molar-refractivity contribution in [1.29, 1.82) is 0 Å². The van der Waals surface area contributed by atoms with Crippen molar-refractivity contribution < 1.29 is 18.9 Å². The zero-order chi connectivity index (χ0) is 7.11. The van der Waals surface area contributed by atoms with Gasteiger partial charge in [-0.3, -0.25) is 0 Å². The first kappa shape index (κ1) is 8.54. The van der Waals surface area contributed by atoms with Crippen molar-refractivity contribution in [1.82, 2.24) is 5.48 Å². The number of carbonyl (C=O) groups excluding carboxylic acids is 1. The van der Waals surface area contributed by atoms with Gasteiger partial charge in [0.1, 0.15) is 0 Å². The molecule has 1 amide bonds. The third kappa shape index (κ3) is 5.41. The van der Waals surface area contributed by atoms with E-state index < -0.39 is 6.09 Å². The molecule has 0 spiro atoms. The number of hydrogen-bond acceptors (Lipinski definition) is 5. The molecule has 0 aromatic heterocycles. The van der Waals surface area contributed by atoms with Crippen LogP contribution in [0.15, 0.2) is 0 Å². The second kappa shape index (κ2) is 5.67. The van der Waals surface area contributed by atoms with Crippen LogP contribution in [0.5, 0.6) is 0 Å². The monoisotopic (exact) mass is 153 g/mol. The highest BCUT2D eigenvalue weighted by molar-refractivity contribution is 7.74. The van der Waals surface area contributed by atoms with E-state index in [4.69, 9.17) is 0 Å². The van der Waals surface area contributed by atoms with Crippen molar-refractivity contribution in [2.24, 2.45) is 0 Å². The molecule has 0 aliphatic rings. The summed E-state index contributed by atoms with van der Waals surface area (Å²) in [5.41, 5.74) is 1.77. The first-order chi connectivity index (χ1) is 4.31. The molecule has 0 heterocycles. The maximum atomic E-state index is 10.2. The SMILES string of the molecule is CCOC(=O)NOOS. The van der Waals surface area contributed by atoms with Gasteiger partial charge in [0.2, 0.25) is 0 Å². The van der Waals surface area contributed by atoms with Crippen molar-refractivity contribution in [3.05, 3.63) is 0 Å². The topological polar surface area (TPSA) is 56.8 Å². The maximum absolute atomic E-state index is 10.2. The number of nitrogens with one attached hydrogen (secondary N) is 1. The largest absolute Gasteiger partial charge is 0.448 e. The molecule has 0 radical (unpaired) electrons. The third-order valence-electron chi connectivity index (χ3n) is 0.438. The summed E-state index contributed by atoms with van der Waals surface area (Å²) in [7, 11) is 0. The predicted molar refractivity (Wildman–Crippen MR) is 31.3 cm³/mol. The number of carbonyl (C=O) groups is 1. The van der Waals surface area contributed by atoms with E-state index in [0.29, 0.717) is 0 Å². The molecule has 0 aliphatic carbocycles. The van der Waals surface area contributed by atoms with Gasteiger partial charge in [0.15, 0.2) is 0 Å². The van der Waals surface area contributed by atoms with Gasteiger partial charge in [-0.15, -0.1) is 4.33 Å². The fraction of sp³-hybridized carbons (Fsp3) is 0.667. The van der Waals surface area contributed by atoms with Crippen LogP contribution in [0.25, 0.3) is 0 Å². The number of hydrogen-bond donors (Lipinski definition) is 2. The molecule has 6 heteroatoms. The Hall–Kier alpha value is -0.460. The zero-order valence-electron chi connectivity index (χ0n) is 4.79. The smallest absolute Gasteiger partial charge is 0.433 e. The molecule has 0 aromatic carbocycles. The minimum Gasteiger partial charge on any atom is -0.448 e. The molecule has 0 bridgehead atoms. The number of amides is 1. The summed E-state index contributed by atoms with van der Waals surface area (Å²) in [6, 6.07) is 0. The van der Waals surface area contributed by atoms with E-state index in [1.807, 2.05) is 0 Å². The lowest BCUT2D eigenvalue weighted by Gasteiger charge is -1.99. The lowest BCUT2D eigenvalue weighted by molar-refractivity contribution is -0.231. The average Bonchev–Trinajstić information content (AvgIpc) is 1.85. The van der Waals surface area contributed by atoms with Crippen molar-refractivity contribution in [3.8, 4) is 0 Å². The van der Waals surface area contributed by atoms with Gasteiger partial charge in [0.25, 0.3) is 0 Å². The van der Waals surface area contributed by atoms with Crippen LogP contribution in [-0.2, 0) is 14.1 Å². The summed E-state index contributed by atoms with van der Waals surface area (Å²) < 4.78 is 8.10. The Labute approximate surface area is 57.8 Å². The lowest BCUT2D eigenvalue weighted by atomic mass is 10.9. The summed E-state index contributed by atoms with van der Waals surface area (Å²) in [4.78, 5) is 14.1. The van der Waals surface area contributed by atoms with Gasteiger partial charge in [-0.05, 0) is 6.92 Å². The van der Waals surface area contributed by atoms with Gasteiger partial charge in [-0.2, -0.15) is 5.48 Å². The predicted octanol–water partition coefficient (Wildman–Crippen LogP) is 0.440. The summed E-state index contributed by atoms with van der Waals surface area (Å²) in [5, 5.41) is 0. The summed E-state index contributed by atoms with van der Waals surface area (Å²) in [6.45, 7) is 1.95. The Kier molecular flexibility index (Phi) is 5.38. The molecule has 0 saturated carbocycles. The standard InChI is InChI=1S/C3H7NO4S/c1-2-6-3(5)4-7-8-9/h9H,2H2,1H3,(H,4,5). The Morgan fingerprint density at radius 3 is 2.89 bits per heavy atom. The van der Waals surface area contributed by atoms with Crippen LogP contribution in [0.1, 0.15) is 6.92 Å². The molecule has 0 unspecified atom stereocenters. The summed E-state index contributed by atoms with van der Waals surface area (Å²) >= 11 is 3.17. The van der Waals surface area contributed by atoms with Crippen molar-refractivity contribution in [2.75, 3.05) is 6.61 Å². The highest BCUT2D eigenvalue weighted by Crippen LogP contribution is 1.79. The molecule has 1 N–H and O–H groups in total. The fourth-order valence-electron chi connectivity index (χ4n) is 0.213. The van der Waals surface area contributed by atoms with E-state index in [2.05, 4.69) is 27.0 Å². The Bertz CT molecular complexity index is 87.9. The molecule has 0 atom stereocenters. The molecule has 0 rings (SSSR count). The number of hydroxylamine groups is 1. The van der Waals surface area contributed by atoms with Crippen molar-refractivity contribution in [3.63, 3.8) is 0 Å². The number of rotatable bonds is 3. The molecule has 54 valence electrons. The first-order valence-electron chi connectivity index (χ1n) is 2.21. The number of thiol groups is 1. The second-order valence-corrected chi connectivity index (χ2v) is 1.13. The van der Waals surface area contributed by atoms with Crippen LogP contribution in [0.4, 0.5) is 4.79 Å². The Morgan fingerprint density at radius 1 is 1.78 bits per heavy atom. The molecule has 0 aromatic rings.